The molecule has 1 amide bonds. The smallest absolute Gasteiger partial charge is 0.249 e. The molecule has 2 atom stereocenters. The van der Waals surface area contributed by atoms with Crippen molar-refractivity contribution >= 4 is 5.91 Å². The van der Waals surface area contributed by atoms with Crippen LogP contribution in [-0.2, 0) is 4.79 Å². The van der Waals surface area contributed by atoms with Crippen molar-refractivity contribution in [3.63, 3.8) is 0 Å². The van der Waals surface area contributed by atoms with Gasteiger partial charge in [0.1, 0.15) is 0 Å². The lowest BCUT2D eigenvalue weighted by molar-refractivity contribution is -0.128. The average Bonchev–Trinajstić information content (AvgIpc) is 2.93. The van der Waals surface area contributed by atoms with Crippen LogP contribution in [0.5, 0.6) is 0 Å². The van der Waals surface area contributed by atoms with E-state index in [1.54, 1.807) is 0 Å². The number of carbonyl (C=O) groups is 1. The van der Waals surface area contributed by atoms with Gasteiger partial charge >= 0.3 is 0 Å². The first-order valence-electron chi connectivity index (χ1n) is 5.18. The largest absolute Gasteiger partial charge is 0.336 e. The van der Waals surface area contributed by atoms with Gasteiger partial charge in [-0.3, -0.25) is 4.79 Å². The van der Waals surface area contributed by atoms with Crippen molar-refractivity contribution in [2.24, 2.45) is 5.92 Å². The highest BCUT2D eigenvalue weighted by molar-refractivity contribution is 5.93. The van der Waals surface area contributed by atoms with Gasteiger partial charge in [0, 0.05) is 18.2 Å². The maximum absolute atomic E-state index is 11.8. The van der Waals surface area contributed by atoms with Crippen molar-refractivity contribution in [2.75, 3.05) is 6.54 Å². The lowest BCUT2D eigenvalue weighted by atomic mass is 10.1. The van der Waals surface area contributed by atoms with E-state index in [0.717, 1.165) is 18.0 Å². The summed E-state index contributed by atoms with van der Waals surface area (Å²) in [5.74, 6) is 1.09. The molecule has 2 nitrogen and oxygen atoms in total. The number of rotatable bonds is 1. The summed E-state index contributed by atoms with van der Waals surface area (Å²) in [5.41, 5.74) is 0.896. The molecule has 0 N–H and O–H groups in total. The van der Waals surface area contributed by atoms with Gasteiger partial charge in [-0.05, 0) is 39.0 Å². The number of likely N-dealkylation sites (tertiary alicyclic amines) is 1. The molecule has 0 radical (unpaired) electrons. The van der Waals surface area contributed by atoms with Crippen LogP contribution in [0.2, 0.25) is 0 Å². The van der Waals surface area contributed by atoms with E-state index in [1.807, 2.05) is 19.9 Å². The molecule has 0 aromatic rings. The van der Waals surface area contributed by atoms with Crippen molar-refractivity contribution in [3.05, 3.63) is 11.6 Å². The maximum atomic E-state index is 11.8. The third-order valence-corrected chi connectivity index (χ3v) is 3.29. The van der Waals surface area contributed by atoms with Crippen LogP contribution in [0.1, 0.15) is 33.1 Å². The molecule has 1 aliphatic carbocycles. The summed E-state index contributed by atoms with van der Waals surface area (Å²) in [4.78, 5) is 13.9. The van der Waals surface area contributed by atoms with E-state index in [-0.39, 0.29) is 5.91 Å². The molecule has 2 fully saturated rings. The van der Waals surface area contributed by atoms with Crippen molar-refractivity contribution in [1.29, 1.82) is 0 Å². The Bertz CT molecular complexity index is 257. The summed E-state index contributed by atoms with van der Waals surface area (Å²) in [7, 11) is 0. The summed E-state index contributed by atoms with van der Waals surface area (Å²) in [5, 5.41) is 0. The number of nitrogens with zero attached hydrogens (tertiary/aromatic N) is 1. The highest BCUT2D eigenvalue weighted by Gasteiger charge is 2.45. The van der Waals surface area contributed by atoms with E-state index >= 15 is 0 Å². The van der Waals surface area contributed by atoms with E-state index < -0.39 is 0 Å². The molecule has 2 aliphatic rings. The highest BCUT2D eigenvalue weighted by atomic mass is 16.2. The van der Waals surface area contributed by atoms with Crippen LogP contribution in [-0.4, -0.2) is 23.4 Å². The molecule has 72 valence electrons. The van der Waals surface area contributed by atoms with Crippen LogP contribution < -0.4 is 0 Å². The van der Waals surface area contributed by atoms with Crippen LogP contribution in [0.4, 0.5) is 0 Å². The third-order valence-electron chi connectivity index (χ3n) is 3.29. The van der Waals surface area contributed by atoms with E-state index in [0.29, 0.717) is 6.04 Å². The standard InChI is InChI=1S/C11H17NO/c1-3-8(2)11(13)12-6-4-5-9-7-10(9)12/h3,9-10H,4-7H2,1-2H3/b8-3-. The van der Waals surface area contributed by atoms with Crippen LogP contribution in [0.3, 0.4) is 0 Å². The van der Waals surface area contributed by atoms with Crippen LogP contribution in [0.25, 0.3) is 0 Å². The molecule has 0 spiro atoms. The zero-order valence-corrected chi connectivity index (χ0v) is 8.42. The maximum Gasteiger partial charge on any atom is 0.249 e. The first-order valence-corrected chi connectivity index (χ1v) is 5.18. The molecular weight excluding hydrogens is 162 g/mol. The number of amides is 1. The van der Waals surface area contributed by atoms with Gasteiger partial charge in [0.2, 0.25) is 5.91 Å². The molecule has 13 heavy (non-hydrogen) atoms. The van der Waals surface area contributed by atoms with Crippen molar-refractivity contribution in [3.8, 4) is 0 Å². The Labute approximate surface area is 79.6 Å². The normalized spacial score (nSPS) is 32.8. The zero-order valence-electron chi connectivity index (χ0n) is 8.42. The van der Waals surface area contributed by atoms with Gasteiger partial charge in [-0.1, -0.05) is 6.08 Å². The van der Waals surface area contributed by atoms with Crippen LogP contribution in [0, 0.1) is 5.92 Å². The van der Waals surface area contributed by atoms with E-state index in [4.69, 9.17) is 0 Å². The third kappa shape index (κ3) is 1.50. The lowest BCUT2D eigenvalue weighted by Gasteiger charge is -2.26. The first kappa shape index (κ1) is 8.79. The molecular formula is C11H17NO. The number of hydrogen-bond acceptors (Lipinski definition) is 1. The van der Waals surface area contributed by atoms with Gasteiger partial charge in [-0.25, -0.2) is 0 Å². The van der Waals surface area contributed by atoms with Gasteiger partial charge < -0.3 is 4.90 Å². The lowest BCUT2D eigenvalue weighted by Crippen LogP contribution is -2.37. The minimum atomic E-state index is 0.259. The van der Waals surface area contributed by atoms with Gasteiger partial charge in [-0.15, -0.1) is 0 Å². The molecule has 2 unspecified atom stereocenters. The Morgan fingerprint density at radius 2 is 2.31 bits per heavy atom. The summed E-state index contributed by atoms with van der Waals surface area (Å²) in [6, 6.07) is 0.594. The predicted octanol–water partition coefficient (Wildman–Crippen LogP) is 1.96. The number of piperidine rings is 1. The molecule has 0 aromatic heterocycles. The van der Waals surface area contributed by atoms with Crippen LogP contribution in [0.15, 0.2) is 11.6 Å². The highest BCUT2D eigenvalue weighted by Crippen LogP contribution is 2.43. The second-order valence-electron chi connectivity index (χ2n) is 4.18. The van der Waals surface area contributed by atoms with Gasteiger partial charge in [0.25, 0.3) is 0 Å². The summed E-state index contributed by atoms with van der Waals surface area (Å²) >= 11 is 0. The average molecular weight is 179 g/mol. The summed E-state index contributed by atoms with van der Waals surface area (Å²) in [6.45, 7) is 4.82. The molecule has 1 saturated heterocycles. The van der Waals surface area contributed by atoms with Gasteiger partial charge in [-0.2, -0.15) is 0 Å². The van der Waals surface area contributed by atoms with E-state index in [1.165, 1.54) is 19.3 Å². The molecule has 1 saturated carbocycles. The molecule has 1 heterocycles. The quantitative estimate of drug-likeness (QED) is 0.563. The van der Waals surface area contributed by atoms with Crippen molar-refractivity contribution in [2.45, 2.75) is 39.2 Å². The molecule has 0 bridgehead atoms. The predicted molar refractivity (Wildman–Crippen MR) is 52.3 cm³/mol. The van der Waals surface area contributed by atoms with E-state index in [2.05, 4.69) is 4.90 Å². The molecule has 1 aliphatic heterocycles. The second kappa shape index (κ2) is 3.17. The molecule has 0 aromatic carbocycles. The fourth-order valence-electron chi connectivity index (χ4n) is 2.22. The SMILES string of the molecule is C/C=C(/C)C(=O)N1CCCC2CC21. The Balaban J connectivity index is 2.04. The Kier molecular flexibility index (Phi) is 2.14. The van der Waals surface area contributed by atoms with Gasteiger partial charge in [0.15, 0.2) is 0 Å². The van der Waals surface area contributed by atoms with Crippen LogP contribution >= 0.6 is 0 Å². The van der Waals surface area contributed by atoms with Crippen molar-refractivity contribution < 1.29 is 4.79 Å². The fraction of sp³-hybridized carbons (Fsp3) is 0.727. The van der Waals surface area contributed by atoms with Crippen molar-refractivity contribution in [1.82, 2.24) is 4.90 Å². The second-order valence-corrected chi connectivity index (χ2v) is 4.18. The number of fused-ring (bicyclic) bond motifs is 1. The first-order chi connectivity index (χ1) is 6.24. The Morgan fingerprint density at radius 1 is 1.54 bits per heavy atom. The van der Waals surface area contributed by atoms with E-state index in [9.17, 15) is 4.79 Å². The topological polar surface area (TPSA) is 20.3 Å². The summed E-state index contributed by atoms with van der Waals surface area (Å²) < 4.78 is 0. The number of carbonyl (C=O) groups excluding carboxylic acids is 1. The zero-order chi connectivity index (χ0) is 9.42. The summed E-state index contributed by atoms with van der Waals surface area (Å²) in [6.07, 6.45) is 5.70. The fourth-order valence-corrected chi connectivity index (χ4v) is 2.22. The minimum Gasteiger partial charge on any atom is -0.336 e. The monoisotopic (exact) mass is 179 g/mol. The minimum absolute atomic E-state index is 0.259. The van der Waals surface area contributed by atoms with Gasteiger partial charge in [0.05, 0.1) is 0 Å². The number of allylic oxidation sites excluding steroid dienone is 1. The Hall–Kier alpha value is -0.790. The molecule has 2 heteroatoms. The Morgan fingerprint density at radius 3 is 3.00 bits per heavy atom. The number of hydrogen-bond donors (Lipinski definition) is 0. The molecule has 2 rings (SSSR count).